The number of nitro groups is 1. The van der Waals surface area contributed by atoms with Gasteiger partial charge < -0.3 is 10.1 Å². The van der Waals surface area contributed by atoms with E-state index in [1.807, 2.05) is 0 Å². The number of non-ortho nitro benzene ring substituents is 1. The highest BCUT2D eigenvalue weighted by atomic mass is 79.9. The number of nitrogens with one attached hydrogen (secondary N) is 1. The average Bonchev–Trinajstić information content (AvgIpc) is 3.09. The lowest BCUT2D eigenvalue weighted by Crippen LogP contribution is -2.24. The molecule has 0 saturated heterocycles. The summed E-state index contributed by atoms with van der Waals surface area (Å²) in [7, 11) is 0. The van der Waals surface area contributed by atoms with Gasteiger partial charge in [-0.05, 0) is 41.1 Å². The van der Waals surface area contributed by atoms with E-state index in [0.29, 0.717) is 5.02 Å². The second-order valence-electron chi connectivity index (χ2n) is 5.95. The van der Waals surface area contributed by atoms with Crippen molar-refractivity contribution in [2.24, 2.45) is 0 Å². The summed E-state index contributed by atoms with van der Waals surface area (Å²) in [5, 5.41) is 18.7. The first-order valence-electron chi connectivity index (χ1n) is 8.16. The van der Waals surface area contributed by atoms with Crippen LogP contribution in [-0.2, 0) is 4.79 Å². The van der Waals surface area contributed by atoms with Crippen molar-refractivity contribution in [2.75, 3.05) is 5.32 Å². The number of ether oxygens (including phenoxy) is 1. The Morgan fingerprint density at radius 2 is 2.07 bits per heavy atom. The molecule has 150 valence electrons. The predicted octanol–water partition coefficient (Wildman–Crippen LogP) is 5.85. The van der Waals surface area contributed by atoms with E-state index >= 15 is 0 Å². The molecule has 29 heavy (non-hydrogen) atoms. The molecule has 0 spiro atoms. The molecule has 1 unspecified atom stereocenters. The van der Waals surface area contributed by atoms with Crippen molar-refractivity contribution in [2.45, 2.75) is 13.0 Å². The lowest BCUT2D eigenvalue weighted by Gasteiger charge is -2.14. The number of aromatic nitrogens is 2. The Morgan fingerprint density at radius 1 is 1.31 bits per heavy atom. The number of anilines is 1. The van der Waals surface area contributed by atoms with E-state index in [9.17, 15) is 14.9 Å². The number of amides is 1. The normalized spacial score (nSPS) is 11.7. The van der Waals surface area contributed by atoms with E-state index in [-0.39, 0.29) is 27.9 Å². The first kappa shape index (κ1) is 21.1. The SMILES string of the molecule is CC(C(=O)Nc1cc(Oc2ccc(Cl)cc2Cl)cc([N+](=O)[O-])c1)n1cc(Br)cn1. The summed E-state index contributed by atoms with van der Waals surface area (Å²) >= 11 is 15.2. The Morgan fingerprint density at radius 3 is 2.69 bits per heavy atom. The number of hydrogen-bond donors (Lipinski definition) is 1. The van der Waals surface area contributed by atoms with Crippen molar-refractivity contribution in [3.8, 4) is 11.5 Å². The molecule has 0 aliphatic heterocycles. The van der Waals surface area contributed by atoms with Gasteiger partial charge in [0, 0.05) is 23.4 Å². The van der Waals surface area contributed by atoms with Gasteiger partial charge in [0.1, 0.15) is 17.5 Å². The van der Waals surface area contributed by atoms with Crippen LogP contribution in [0.4, 0.5) is 11.4 Å². The minimum Gasteiger partial charge on any atom is -0.455 e. The Labute approximate surface area is 183 Å². The molecule has 8 nitrogen and oxygen atoms in total. The molecule has 0 fully saturated rings. The fourth-order valence-electron chi connectivity index (χ4n) is 2.40. The highest BCUT2D eigenvalue weighted by Gasteiger charge is 2.19. The summed E-state index contributed by atoms with van der Waals surface area (Å²) in [5.41, 5.74) is -0.0558. The van der Waals surface area contributed by atoms with Crippen LogP contribution in [0.1, 0.15) is 13.0 Å². The molecule has 1 amide bonds. The highest BCUT2D eigenvalue weighted by Crippen LogP contribution is 2.34. The summed E-state index contributed by atoms with van der Waals surface area (Å²) in [6.07, 6.45) is 3.20. The second kappa shape index (κ2) is 8.81. The van der Waals surface area contributed by atoms with Gasteiger partial charge in [-0.3, -0.25) is 19.6 Å². The van der Waals surface area contributed by atoms with Crippen LogP contribution in [0.15, 0.2) is 53.3 Å². The van der Waals surface area contributed by atoms with Crippen LogP contribution >= 0.6 is 39.1 Å². The largest absolute Gasteiger partial charge is 0.455 e. The zero-order valence-corrected chi connectivity index (χ0v) is 17.9. The van der Waals surface area contributed by atoms with E-state index in [4.69, 9.17) is 27.9 Å². The summed E-state index contributed by atoms with van der Waals surface area (Å²) in [5.74, 6) is -0.00613. The van der Waals surface area contributed by atoms with Crippen LogP contribution in [0.5, 0.6) is 11.5 Å². The van der Waals surface area contributed by atoms with Crippen LogP contribution < -0.4 is 10.1 Å². The Kier molecular flexibility index (Phi) is 6.41. The van der Waals surface area contributed by atoms with Crippen molar-refractivity contribution >= 4 is 56.4 Å². The monoisotopic (exact) mass is 498 g/mol. The van der Waals surface area contributed by atoms with Gasteiger partial charge in [0.15, 0.2) is 0 Å². The molecule has 0 radical (unpaired) electrons. The van der Waals surface area contributed by atoms with E-state index in [0.717, 1.165) is 4.47 Å². The van der Waals surface area contributed by atoms with Crippen molar-refractivity contribution in [1.29, 1.82) is 0 Å². The zero-order chi connectivity index (χ0) is 21.1. The van der Waals surface area contributed by atoms with Gasteiger partial charge in [-0.25, -0.2) is 0 Å². The number of nitro benzene ring substituents is 1. The minimum atomic E-state index is -0.643. The molecular formula is C18H13BrCl2N4O4. The standard InChI is InChI=1S/C18H13BrCl2N4O4/c1-10(24-9-11(19)8-22-24)18(26)23-13-5-14(25(27)28)7-15(6-13)29-17-3-2-12(20)4-16(17)21/h2-10H,1H3,(H,23,26). The number of hydrogen-bond acceptors (Lipinski definition) is 5. The van der Waals surface area contributed by atoms with E-state index in [1.54, 1.807) is 31.5 Å². The van der Waals surface area contributed by atoms with Crippen molar-refractivity contribution in [3.05, 3.63) is 73.4 Å². The summed E-state index contributed by atoms with van der Waals surface area (Å²) in [6.45, 7) is 1.65. The topological polar surface area (TPSA) is 99.3 Å². The number of rotatable bonds is 6. The number of nitrogens with zero attached hydrogens (tertiary/aromatic N) is 3. The van der Waals surface area contributed by atoms with Gasteiger partial charge in [0.25, 0.3) is 5.69 Å². The fourth-order valence-corrected chi connectivity index (χ4v) is 3.15. The lowest BCUT2D eigenvalue weighted by atomic mass is 10.2. The van der Waals surface area contributed by atoms with Crippen LogP contribution in [0.25, 0.3) is 0 Å². The predicted molar refractivity (Wildman–Crippen MR) is 113 cm³/mol. The smallest absolute Gasteiger partial charge is 0.275 e. The summed E-state index contributed by atoms with van der Waals surface area (Å²) < 4.78 is 7.84. The molecule has 1 aromatic heterocycles. The van der Waals surface area contributed by atoms with Crippen molar-refractivity contribution in [1.82, 2.24) is 9.78 Å². The maximum absolute atomic E-state index is 12.5. The van der Waals surface area contributed by atoms with Crippen LogP contribution in [0, 0.1) is 10.1 Å². The third-order valence-corrected chi connectivity index (χ3v) is 4.78. The second-order valence-corrected chi connectivity index (χ2v) is 7.71. The van der Waals surface area contributed by atoms with Crippen molar-refractivity contribution < 1.29 is 14.5 Å². The van der Waals surface area contributed by atoms with Gasteiger partial charge in [-0.1, -0.05) is 23.2 Å². The Hall–Kier alpha value is -2.62. The quantitative estimate of drug-likeness (QED) is 0.338. The van der Waals surface area contributed by atoms with Crippen molar-refractivity contribution in [3.63, 3.8) is 0 Å². The van der Waals surface area contributed by atoms with E-state index in [2.05, 4.69) is 26.3 Å². The Balaban J connectivity index is 1.86. The number of benzene rings is 2. The van der Waals surface area contributed by atoms with Gasteiger partial charge in [-0.15, -0.1) is 0 Å². The number of halogens is 3. The zero-order valence-electron chi connectivity index (χ0n) is 14.8. The van der Waals surface area contributed by atoms with Crippen LogP contribution in [0.2, 0.25) is 10.0 Å². The Bertz CT molecular complexity index is 1090. The molecule has 3 rings (SSSR count). The molecule has 2 aromatic carbocycles. The third kappa shape index (κ3) is 5.26. The van der Waals surface area contributed by atoms with Crippen LogP contribution in [0.3, 0.4) is 0 Å². The summed E-state index contributed by atoms with van der Waals surface area (Å²) in [6, 6.07) is 7.89. The average molecular weight is 500 g/mol. The lowest BCUT2D eigenvalue weighted by molar-refractivity contribution is -0.384. The van der Waals surface area contributed by atoms with Crippen LogP contribution in [-0.4, -0.2) is 20.6 Å². The fraction of sp³-hybridized carbons (Fsp3) is 0.111. The molecule has 1 N–H and O–H groups in total. The molecule has 0 aliphatic rings. The van der Waals surface area contributed by atoms with Gasteiger partial charge in [-0.2, -0.15) is 5.10 Å². The third-order valence-electron chi connectivity index (χ3n) is 3.84. The molecule has 1 heterocycles. The molecule has 0 saturated carbocycles. The van der Waals surface area contributed by atoms with Gasteiger partial charge >= 0.3 is 0 Å². The molecular weight excluding hydrogens is 487 g/mol. The van der Waals surface area contributed by atoms with Gasteiger partial charge in [0.2, 0.25) is 5.91 Å². The summed E-state index contributed by atoms with van der Waals surface area (Å²) in [4.78, 5) is 23.2. The van der Waals surface area contributed by atoms with E-state index in [1.165, 1.54) is 28.9 Å². The van der Waals surface area contributed by atoms with Gasteiger partial charge in [0.05, 0.1) is 32.4 Å². The molecule has 1 atom stereocenters. The first-order chi connectivity index (χ1) is 13.7. The molecule has 0 bridgehead atoms. The molecule has 3 aromatic rings. The molecule has 11 heteroatoms. The maximum atomic E-state index is 12.5. The van der Waals surface area contributed by atoms with E-state index < -0.39 is 16.9 Å². The maximum Gasteiger partial charge on any atom is 0.275 e. The number of carbonyl (C=O) groups is 1. The number of carbonyl (C=O) groups excluding carboxylic acids is 1. The first-order valence-corrected chi connectivity index (χ1v) is 9.71. The molecule has 0 aliphatic carbocycles. The minimum absolute atomic E-state index is 0.133. The highest BCUT2D eigenvalue weighted by molar-refractivity contribution is 9.10.